The highest BCUT2D eigenvalue weighted by molar-refractivity contribution is 7.17. The maximum atomic E-state index is 13.1. The number of piperazine rings is 1. The van der Waals surface area contributed by atoms with Gasteiger partial charge in [-0.1, -0.05) is 18.2 Å². The lowest BCUT2D eigenvalue weighted by molar-refractivity contribution is -0.158. The van der Waals surface area contributed by atoms with Gasteiger partial charge >= 0.3 is 6.09 Å². The first-order valence-electron chi connectivity index (χ1n) is 10.6. The van der Waals surface area contributed by atoms with E-state index in [4.69, 9.17) is 4.74 Å². The zero-order chi connectivity index (χ0) is 20.5. The number of hydrogen-bond donors (Lipinski definition) is 0. The summed E-state index contributed by atoms with van der Waals surface area (Å²) in [7, 11) is 0. The van der Waals surface area contributed by atoms with Crippen molar-refractivity contribution in [3.8, 4) is 0 Å². The molecule has 0 N–H and O–H groups in total. The van der Waals surface area contributed by atoms with Crippen molar-refractivity contribution in [2.24, 2.45) is 5.92 Å². The van der Waals surface area contributed by atoms with E-state index in [2.05, 4.69) is 17.5 Å². The molecule has 4 aliphatic rings. The first-order chi connectivity index (χ1) is 14.5. The summed E-state index contributed by atoms with van der Waals surface area (Å²) in [4.78, 5) is 43.3. The number of rotatable bonds is 3. The third-order valence-electron chi connectivity index (χ3n) is 6.92. The van der Waals surface area contributed by atoms with Crippen LogP contribution in [0.4, 0.5) is 4.79 Å². The monoisotopic (exact) mass is 425 g/mol. The van der Waals surface area contributed by atoms with Crippen LogP contribution < -0.4 is 0 Å². The average Bonchev–Trinajstić information content (AvgIpc) is 3.44. The number of ether oxygens (including phenoxy) is 1. The molecule has 0 bridgehead atoms. The molecule has 2 aromatic rings. The quantitative estimate of drug-likeness (QED) is 0.755. The van der Waals surface area contributed by atoms with Crippen LogP contribution in [0.25, 0.3) is 10.1 Å². The molecular formula is C22H23N3O4S. The molecule has 4 heterocycles. The fraction of sp³-hybridized carbons (Fsp3) is 0.500. The lowest BCUT2D eigenvalue weighted by Crippen LogP contribution is -2.72. The zero-order valence-corrected chi connectivity index (χ0v) is 17.4. The summed E-state index contributed by atoms with van der Waals surface area (Å²) < 4.78 is 6.95. The van der Waals surface area contributed by atoms with Crippen LogP contribution in [0.3, 0.4) is 0 Å². The Bertz CT molecular complexity index is 1060. The van der Waals surface area contributed by atoms with Crippen LogP contribution in [-0.2, 0) is 20.7 Å². The minimum Gasteiger partial charge on any atom is -0.437 e. The van der Waals surface area contributed by atoms with Gasteiger partial charge < -0.3 is 14.5 Å². The molecule has 1 atom stereocenters. The molecule has 6 rings (SSSR count). The lowest BCUT2D eigenvalue weighted by Gasteiger charge is -2.51. The molecular weight excluding hydrogens is 402 g/mol. The van der Waals surface area contributed by atoms with Gasteiger partial charge in [0.1, 0.15) is 0 Å². The van der Waals surface area contributed by atoms with E-state index < -0.39 is 5.60 Å². The number of amides is 3. The number of carbonyl (C=O) groups is 3. The van der Waals surface area contributed by atoms with Gasteiger partial charge in [0, 0.05) is 30.3 Å². The highest BCUT2D eigenvalue weighted by Gasteiger charge is 2.63. The van der Waals surface area contributed by atoms with Gasteiger partial charge in [-0.15, -0.1) is 11.3 Å². The molecule has 1 aromatic carbocycles. The summed E-state index contributed by atoms with van der Waals surface area (Å²) in [6.45, 7) is 2.38. The van der Waals surface area contributed by atoms with E-state index in [1.165, 1.54) is 4.70 Å². The van der Waals surface area contributed by atoms with Crippen molar-refractivity contribution >= 4 is 39.3 Å². The van der Waals surface area contributed by atoms with Crippen LogP contribution in [0.15, 0.2) is 29.6 Å². The lowest BCUT2D eigenvalue weighted by atomic mass is 9.84. The Morgan fingerprint density at radius 3 is 2.73 bits per heavy atom. The normalized spacial score (nSPS) is 24.7. The van der Waals surface area contributed by atoms with E-state index in [0.29, 0.717) is 39.1 Å². The molecule has 1 spiro atoms. The molecule has 30 heavy (non-hydrogen) atoms. The predicted molar refractivity (Wildman–Crippen MR) is 111 cm³/mol. The SMILES string of the molecule is O=C(Cc1csc2ccccc12)N1CCN2C(=O)OC3(CN(C(=O)C4CC4)C3)C2C1. The van der Waals surface area contributed by atoms with Gasteiger partial charge in [0.15, 0.2) is 5.60 Å². The molecule has 1 aromatic heterocycles. The number of nitrogens with zero attached hydrogens (tertiary/aromatic N) is 3. The smallest absolute Gasteiger partial charge is 0.411 e. The molecule has 0 radical (unpaired) electrons. The van der Waals surface area contributed by atoms with Crippen molar-refractivity contribution in [2.45, 2.75) is 30.9 Å². The molecule has 3 aliphatic heterocycles. The summed E-state index contributed by atoms with van der Waals surface area (Å²) in [5, 5.41) is 3.20. The molecule has 1 saturated carbocycles. The molecule has 7 nitrogen and oxygen atoms in total. The van der Waals surface area contributed by atoms with Crippen molar-refractivity contribution in [1.29, 1.82) is 0 Å². The number of thiophene rings is 1. The number of carbonyl (C=O) groups excluding carboxylic acids is 3. The summed E-state index contributed by atoms with van der Waals surface area (Å²) in [6.07, 6.45) is 1.99. The van der Waals surface area contributed by atoms with Gasteiger partial charge in [-0.05, 0) is 35.2 Å². The van der Waals surface area contributed by atoms with Crippen LogP contribution in [0, 0.1) is 5.92 Å². The van der Waals surface area contributed by atoms with E-state index in [1.807, 2.05) is 21.9 Å². The van der Waals surface area contributed by atoms with Crippen molar-refractivity contribution in [3.05, 3.63) is 35.2 Å². The largest absolute Gasteiger partial charge is 0.437 e. The van der Waals surface area contributed by atoms with Crippen LogP contribution in [0.1, 0.15) is 18.4 Å². The van der Waals surface area contributed by atoms with Crippen LogP contribution >= 0.6 is 11.3 Å². The summed E-state index contributed by atoms with van der Waals surface area (Å²) in [6, 6.07) is 7.97. The third-order valence-corrected chi connectivity index (χ3v) is 7.94. The second-order valence-corrected chi connectivity index (χ2v) is 9.80. The van der Waals surface area contributed by atoms with Gasteiger partial charge in [-0.3, -0.25) is 14.5 Å². The Balaban J connectivity index is 1.16. The van der Waals surface area contributed by atoms with Gasteiger partial charge in [0.2, 0.25) is 11.8 Å². The average molecular weight is 426 g/mol. The summed E-state index contributed by atoms with van der Waals surface area (Å²) in [5.41, 5.74) is 0.400. The second kappa shape index (κ2) is 6.44. The molecule has 3 amide bonds. The van der Waals surface area contributed by atoms with Gasteiger partial charge in [0.25, 0.3) is 0 Å². The fourth-order valence-corrected chi connectivity index (χ4v) is 6.01. The van der Waals surface area contributed by atoms with Gasteiger partial charge in [-0.2, -0.15) is 0 Å². The Morgan fingerprint density at radius 1 is 1.13 bits per heavy atom. The highest BCUT2D eigenvalue weighted by atomic mass is 32.1. The predicted octanol–water partition coefficient (Wildman–Crippen LogP) is 2.10. The Labute approximate surface area is 178 Å². The maximum Gasteiger partial charge on any atom is 0.411 e. The van der Waals surface area contributed by atoms with E-state index in [1.54, 1.807) is 16.2 Å². The summed E-state index contributed by atoms with van der Waals surface area (Å²) >= 11 is 1.66. The van der Waals surface area contributed by atoms with Crippen LogP contribution in [0.2, 0.25) is 0 Å². The Kier molecular flexibility index (Phi) is 3.90. The van der Waals surface area contributed by atoms with Crippen molar-refractivity contribution in [1.82, 2.24) is 14.7 Å². The van der Waals surface area contributed by atoms with E-state index in [-0.39, 0.29) is 29.9 Å². The minimum absolute atomic E-state index is 0.0814. The van der Waals surface area contributed by atoms with Crippen molar-refractivity contribution in [2.75, 3.05) is 32.7 Å². The van der Waals surface area contributed by atoms with Gasteiger partial charge in [-0.25, -0.2) is 4.79 Å². The van der Waals surface area contributed by atoms with E-state index in [0.717, 1.165) is 23.8 Å². The summed E-state index contributed by atoms with van der Waals surface area (Å²) in [5.74, 6) is 0.432. The highest BCUT2D eigenvalue weighted by Crippen LogP contribution is 2.42. The van der Waals surface area contributed by atoms with Crippen LogP contribution in [0.5, 0.6) is 0 Å². The van der Waals surface area contributed by atoms with E-state index in [9.17, 15) is 14.4 Å². The van der Waals surface area contributed by atoms with E-state index >= 15 is 0 Å². The molecule has 1 unspecified atom stereocenters. The second-order valence-electron chi connectivity index (χ2n) is 8.88. The number of hydrogen-bond acceptors (Lipinski definition) is 5. The maximum absolute atomic E-state index is 13.1. The minimum atomic E-state index is -0.657. The number of likely N-dealkylation sites (tertiary alicyclic amines) is 1. The third kappa shape index (κ3) is 2.73. The number of fused-ring (bicyclic) bond motifs is 3. The fourth-order valence-electron chi connectivity index (χ4n) is 5.04. The van der Waals surface area contributed by atoms with Crippen molar-refractivity contribution < 1.29 is 19.1 Å². The molecule has 3 saturated heterocycles. The Morgan fingerprint density at radius 2 is 1.93 bits per heavy atom. The first kappa shape index (κ1) is 18.2. The molecule has 1 aliphatic carbocycles. The van der Waals surface area contributed by atoms with Gasteiger partial charge in [0.05, 0.1) is 25.6 Å². The molecule has 8 heteroatoms. The first-order valence-corrected chi connectivity index (χ1v) is 11.4. The molecule has 156 valence electrons. The molecule has 4 fully saturated rings. The standard InChI is InChI=1S/C22H23N3O4S/c26-19(9-15-11-30-17-4-2-1-3-16(15)17)23-7-8-25-18(10-23)22(29-21(25)28)12-24(13-22)20(27)14-5-6-14/h1-4,11,14,18H,5-10,12-13H2. The Hall–Kier alpha value is -2.61. The topological polar surface area (TPSA) is 70.2 Å². The zero-order valence-electron chi connectivity index (χ0n) is 16.6. The van der Waals surface area contributed by atoms with Crippen LogP contribution in [-0.4, -0.2) is 77.0 Å². The van der Waals surface area contributed by atoms with Crippen molar-refractivity contribution in [3.63, 3.8) is 0 Å². The number of benzene rings is 1.